The number of halogens is 1. The summed E-state index contributed by atoms with van der Waals surface area (Å²) in [4.78, 5) is 4.67. The zero-order valence-corrected chi connectivity index (χ0v) is 12.9. The van der Waals surface area contributed by atoms with Crippen molar-refractivity contribution in [2.24, 2.45) is 0 Å². The van der Waals surface area contributed by atoms with Crippen LogP contribution in [0.25, 0.3) is 11.0 Å². The summed E-state index contributed by atoms with van der Waals surface area (Å²) in [6.45, 7) is 2.81. The first kappa shape index (κ1) is 14.0. The molecule has 21 heavy (non-hydrogen) atoms. The van der Waals surface area contributed by atoms with Crippen LogP contribution < -0.4 is 4.74 Å². The first-order valence-electron chi connectivity index (χ1n) is 6.86. The van der Waals surface area contributed by atoms with Crippen molar-refractivity contribution in [1.82, 2.24) is 9.55 Å². The van der Waals surface area contributed by atoms with E-state index in [1.807, 2.05) is 18.2 Å². The highest BCUT2D eigenvalue weighted by atomic mass is 35.5. The fraction of sp³-hybridized carbons (Fsp3) is 0.235. The molecule has 1 heterocycles. The van der Waals surface area contributed by atoms with Gasteiger partial charge in [-0.05, 0) is 36.2 Å². The van der Waals surface area contributed by atoms with E-state index in [0.717, 1.165) is 29.2 Å². The minimum Gasteiger partial charge on any atom is -0.497 e. The summed E-state index contributed by atoms with van der Waals surface area (Å²) in [6, 6.07) is 14.3. The SMILES string of the molecule is COc1cccc(Cn2c(CCl)nc3c(C)cccc32)c1. The summed E-state index contributed by atoms with van der Waals surface area (Å²) in [5.41, 5.74) is 4.48. The second kappa shape index (κ2) is 5.78. The van der Waals surface area contributed by atoms with Gasteiger partial charge in [0, 0.05) is 6.54 Å². The van der Waals surface area contributed by atoms with E-state index in [4.69, 9.17) is 16.3 Å². The zero-order valence-electron chi connectivity index (χ0n) is 12.1. The first-order chi connectivity index (χ1) is 10.2. The molecule has 0 N–H and O–H groups in total. The molecule has 0 aliphatic rings. The minimum atomic E-state index is 0.401. The molecule has 3 rings (SSSR count). The van der Waals surface area contributed by atoms with Crippen molar-refractivity contribution < 1.29 is 4.74 Å². The third-order valence-corrected chi connectivity index (χ3v) is 3.89. The molecule has 1 aromatic heterocycles. The molecular formula is C17H17ClN2O. The standard InChI is InChI=1S/C17H17ClN2O/c1-12-5-3-8-15-17(12)19-16(10-18)20(15)11-13-6-4-7-14(9-13)21-2/h3-9H,10-11H2,1-2H3. The normalized spacial score (nSPS) is 11.0. The van der Waals surface area contributed by atoms with Crippen molar-refractivity contribution in [3.05, 3.63) is 59.4 Å². The molecule has 0 atom stereocenters. The molecule has 2 aromatic carbocycles. The monoisotopic (exact) mass is 300 g/mol. The van der Waals surface area contributed by atoms with Gasteiger partial charge in [-0.1, -0.05) is 24.3 Å². The molecule has 0 aliphatic carbocycles. The Hall–Kier alpha value is -2.00. The summed E-state index contributed by atoms with van der Waals surface area (Å²) in [5, 5.41) is 0. The summed E-state index contributed by atoms with van der Waals surface area (Å²) in [5.74, 6) is 2.15. The maximum absolute atomic E-state index is 6.07. The van der Waals surface area contributed by atoms with Gasteiger partial charge >= 0.3 is 0 Å². The van der Waals surface area contributed by atoms with Crippen LogP contribution in [0.2, 0.25) is 0 Å². The Balaban J connectivity index is 2.08. The Bertz CT molecular complexity index is 780. The molecule has 0 amide bonds. The van der Waals surface area contributed by atoms with Gasteiger partial charge in [0.15, 0.2) is 0 Å². The largest absolute Gasteiger partial charge is 0.497 e. The summed E-state index contributed by atoms with van der Waals surface area (Å²) >= 11 is 6.07. The summed E-state index contributed by atoms with van der Waals surface area (Å²) in [7, 11) is 1.68. The number of aromatic nitrogens is 2. The molecule has 3 aromatic rings. The molecule has 0 aliphatic heterocycles. The summed E-state index contributed by atoms with van der Waals surface area (Å²) in [6.07, 6.45) is 0. The molecule has 0 saturated heterocycles. The topological polar surface area (TPSA) is 27.1 Å². The van der Waals surface area contributed by atoms with Crippen LogP contribution in [0, 0.1) is 6.92 Å². The molecule has 108 valence electrons. The second-order valence-corrected chi connectivity index (χ2v) is 5.31. The average molecular weight is 301 g/mol. The van der Waals surface area contributed by atoms with Gasteiger partial charge in [-0.2, -0.15) is 0 Å². The third-order valence-electron chi connectivity index (χ3n) is 3.65. The molecule has 0 spiro atoms. The van der Waals surface area contributed by atoms with Gasteiger partial charge in [0.05, 0.1) is 24.0 Å². The molecular weight excluding hydrogens is 284 g/mol. The van der Waals surface area contributed by atoms with Crippen LogP contribution in [0.1, 0.15) is 17.0 Å². The smallest absolute Gasteiger partial charge is 0.125 e. The van der Waals surface area contributed by atoms with Crippen molar-refractivity contribution in [3.63, 3.8) is 0 Å². The zero-order chi connectivity index (χ0) is 14.8. The van der Waals surface area contributed by atoms with Crippen molar-refractivity contribution in [2.75, 3.05) is 7.11 Å². The fourth-order valence-electron chi connectivity index (χ4n) is 2.57. The van der Waals surface area contributed by atoms with Crippen molar-refractivity contribution in [3.8, 4) is 5.75 Å². The van der Waals surface area contributed by atoms with Crippen LogP contribution in [0.3, 0.4) is 0 Å². The number of methoxy groups -OCH3 is 1. The molecule has 0 unspecified atom stereocenters. The van der Waals surface area contributed by atoms with Gasteiger partial charge in [0.2, 0.25) is 0 Å². The molecule has 3 nitrogen and oxygen atoms in total. The number of nitrogens with zero attached hydrogens (tertiary/aromatic N) is 2. The van der Waals surface area contributed by atoms with E-state index >= 15 is 0 Å². The highest BCUT2D eigenvalue weighted by Gasteiger charge is 2.12. The number of ether oxygens (including phenoxy) is 1. The molecule has 0 saturated carbocycles. The lowest BCUT2D eigenvalue weighted by molar-refractivity contribution is 0.414. The predicted molar refractivity (Wildman–Crippen MR) is 86.1 cm³/mol. The Kier molecular flexibility index (Phi) is 3.84. The quantitative estimate of drug-likeness (QED) is 0.677. The number of rotatable bonds is 4. The maximum Gasteiger partial charge on any atom is 0.125 e. The molecule has 0 radical (unpaired) electrons. The van der Waals surface area contributed by atoms with Crippen LogP contribution in [0.5, 0.6) is 5.75 Å². The van der Waals surface area contributed by atoms with Crippen molar-refractivity contribution >= 4 is 22.6 Å². The van der Waals surface area contributed by atoms with Crippen molar-refractivity contribution in [2.45, 2.75) is 19.3 Å². The van der Waals surface area contributed by atoms with E-state index in [2.05, 4.69) is 40.7 Å². The number of aryl methyl sites for hydroxylation is 1. The van der Waals surface area contributed by atoms with E-state index in [0.29, 0.717) is 5.88 Å². The van der Waals surface area contributed by atoms with Gasteiger partial charge < -0.3 is 9.30 Å². The van der Waals surface area contributed by atoms with Crippen LogP contribution >= 0.6 is 11.6 Å². The third kappa shape index (κ3) is 2.61. The molecule has 0 bridgehead atoms. The van der Waals surface area contributed by atoms with Crippen LogP contribution in [0.15, 0.2) is 42.5 Å². The van der Waals surface area contributed by atoms with Crippen LogP contribution in [-0.4, -0.2) is 16.7 Å². The van der Waals surface area contributed by atoms with E-state index in [9.17, 15) is 0 Å². The van der Waals surface area contributed by atoms with Gasteiger partial charge in [-0.3, -0.25) is 0 Å². The van der Waals surface area contributed by atoms with E-state index < -0.39 is 0 Å². The highest BCUT2D eigenvalue weighted by Crippen LogP contribution is 2.23. The van der Waals surface area contributed by atoms with Gasteiger partial charge in [-0.25, -0.2) is 4.98 Å². The Morgan fingerprint density at radius 3 is 2.76 bits per heavy atom. The highest BCUT2D eigenvalue weighted by molar-refractivity contribution is 6.16. The van der Waals surface area contributed by atoms with Crippen LogP contribution in [0.4, 0.5) is 0 Å². The first-order valence-corrected chi connectivity index (χ1v) is 7.40. The van der Waals surface area contributed by atoms with Gasteiger partial charge in [0.25, 0.3) is 0 Å². The lowest BCUT2D eigenvalue weighted by atomic mass is 10.2. The van der Waals surface area contributed by atoms with E-state index in [1.54, 1.807) is 7.11 Å². The van der Waals surface area contributed by atoms with Gasteiger partial charge in [-0.15, -0.1) is 11.6 Å². The number of benzene rings is 2. The Morgan fingerprint density at radius 1 is 1.19 bits per heavy atom. The van der Waals surface area contributed by atoms with Crippen LogP contribution in [-0.2, 0) is 12.4 Å². The average Bonchev–Trinajstić information content (AvgIpc) is 2.87. The number of hydrogen-bond donors (Lipinski definition) is 0. The number of fused-ring (bicyclic) bond motifs is 1. The lowest BCUT2D eigenvalue weighted by Crippen LogP contribution is -2.04. The molecule has 4 heteroatoms. The second-order valence-electron chi connectivity index (χ2n) is 5.04. The van der Waals surface area contributed by atoms with E-state index in [1.165, 1.54) is 11.1 Å². The molecule has 0 fully saturated rings. The van der Waals surface area contributed by atoms with Crippen molar-refractivity contribution in [1.29, 1.82) is 0 Å². The maximum atomic E-state index is 6.07. The predicted octanol–water partition coefficient (Wildman–Crippen LogP) is 4.14. The number of para-hydroxylation sites is 1. The Labute approximate surface area is 129 Å². The number of alkyl halides is 1. The lowest BCUT2D eigenvalue weighted by Gasteiger charge is -2.09. The number of imidazole rings is 1. The van der Waals surface area contributed by atoms with E-state index in [-0.39, 0.29) is 0 Å². The number of hydrogen-bond acceptors (Lipinski definition) is 2. The Morgan fingerprint density at radius 2 is 2.00 bits per heavy atom. The fourth-order valence-corrected chi connectivity index (χ4v) is 2.77. The summed E-state index contributed by atoms with van der Waals surface area (Å²) < 4.78 is 7.46. The minimum absolute atomic E-state index is 0.401. The van der Waals surface area contributed by atoms with Gasteiger partial charge in [0.1, 0.15) is 11.6 Å².